The van der Waals surface area contributed by atoms with E-state index in [-0.39, 0.29) is 17.7 Å². The lowest BCUT2D eigenvalue weighted by Gasteiger charge is -2.31. The molecule has 0 N–H and O–H groups in total. The van der Waals surface area contributed by atoms with Crippen LogP contribution in [-0.2, 0) is 14.3 Å². The van der Waals surface area contributed by atoms with E-state index in [1.165, 1.54) is 7.11 Å². The second-order valence-electron chi connectivity index (χ2n) is 6.53. The fourth-order valence-corrected chi connectivity index (χ4v) is 3.34. The third-order valence-corrected chi connectivity index (χ3v) is 4.86. The van der Waals surface area contributed by atoms with Crippen LogP contribution in [0.25, 0.3) is 0 Å². The normalized spacial score (nSPS) is 20.7. The van der Waals surface area contributed by atoms with Gasteiger partial charge in [0.15, 0.2) is 11.5 Å². The summed E-state index contributed by atoms with van der Waals surface area (Å²) in [5.74, 6) is 0.560. The molecule has 2 amide bonds. The number of rotatable bonds is 4. The first kappa shape index (κ1) is 19.4. The van der Waals surface area contributed by atoms with E-state index in [0.29, 0.717) is 69.7 Å². The molecule has 2 saturated heterocycles. The van der Waals surface area contributed by atoms with Crippen LogP contribution in [-0.4, -0.2) is 88.4 Å². The molecule has 0 aliphatic carbocycles. The highest BCUT2D eigenvalue weighted by molar-refractivity contribution is 5.95. The van der Waals surface area contributed by atoms with Crippen molar-refractivity contribution < 1.29 is 28.5 Å². The molecule has 8 nitrogen and oxygen atoms in total. The van der Waals surface area contributed by atoms with E-state index in [9.17, 15) is 9.59 Å². The van der Waals surface area contributed by atoms with Crippen LogP contribution in [0.5, 0.6) is 11.5 Å². The van der Waals surface area contributed by atoms with Gasteiger partial charge in [0.1, 0.15) is 0 Å². The molecule has 2 heterocycles. The summed E-state index contributed by atoms with van der Waals surface area (Å²) in [4.78, 5) is 29.3. The van der Waals surface area contributed by atoms with E-state index < -0.39 is 0 Å². The van der Waals surface area contributed by atoms with Gasteiger partial charge in [-0.25, -0.2) is 0 Å². The summed E-state index contributed by atoms with van der Waals surface area (Å²) in [6.07, 6.45) is 0. The molecule has 0 bridgehead atoms. The average Bonchev–Trinajstić information content (AvgIpc) is 2.99. The molecular weight excluding hydrogens is 352 g/mol. The first-order valence-electron chi connectivity index (χ1n) is 9.09. The summed E-state index contributed by atoms with van der Waals surface area (Å²) in [7, 11) is 3.08. The molecule has 2 aliphatic heterocycles. The van der Waals surface area contributed by atoms with Gasteiger partial charge in [-0.3, -0.25) is 9.59 Å². The van der Waals surface area contributed by atoms with Crippen LogP contribution in [0.3, 0.4) is 0 Å². The molecule has 0 aromatic heterocycles. The third-order valence-electron chi connectivity index (χ3n) is 4.86. The van der Waals surface area contributed by atoms with Crippen LogP contribution in [0.15, 0.2) is 18.2 Å². The number of hydrogen-bond donors (Lipinski definition) is 0. The Labute approximate surface area is 158 Å². The van der Waals surface area contributed by atoms with Gasteiger partial charge >= 0.3 is 0 Å². The predicted molar refractivity (Wildman–Crippen MR) is 97.2 cm³/mol. The molecule has 3 rings (SSSR count). The summed E-state index contributed by atoms with van der Waals surface area (Å²) in [5.41, 5.74) is 0.493. The Morgan fingerprint density at radius 2 is 1.63 bits per heavy atom. The lowest BCUT2D eigenvalue weighted by molar-refractivity contribution is -0.141. The highest BCUT2D eigenvalue weighted by atomic mass is 16.5. The lowest BCUT2D eigenvalue weighted by atomic mass is 10.1. The van der Waals surface area contributed by atoms with Gasteiger partial charge in [0.2, 0.25) is 5.91 Å². The lowest BCUT2D eigenvalue weighted by Crippen LogP contribution is -2.47. The number of hydrogen-bond acceptors (Lipinski definition) is 6. The number of morpholine rings is 1. The molecular formula is C19H26N2O6. The summed E-state index contributed by atoms with van der Waals surface area (Å²) < 4.78 is 21.4. The number of carbonyl (C=O) groups is 2. The van der Waals surface area contributed by atoms with Crippen molar-refractivity contribution in [2.24, 2.45) is 5.92 Å². The van der Waals surface area contributed by atoms with Crippen molar-refractivity contribution in [3.05, 3.63) is 23.8 Å². The quantitative estimate of drug-likeness (QED) is 0.766. The molecule has 1 aromatic carbocycles. The highest BCUT2D eigenvalue weighted by Gasteiger charge is 2.31. The van der Waals surface area contributed by atoms with Crippen molar-refractivity contribution in [3.8, 4) is 11.5 Å². The Balaban J connectivity index is 1.73. The zero-order valence-electron chi connectivity index (χ0n) is 15.8. The molecule has 1 aromatic rings. The molecule has 1 unspecified atom stereocenters. The van der Waals surface area contributed by atoms with Crippen molar-refractivity contribution in [3.63, 3.8) is 0 Å². The van der Waals surface area contributed by atoms with Gasteiger partial charge < -0.3 is 28.7 Å². The van der Waals surface area contributed by atoms with Gasteiger partial charge in [0.25, 0.3) is 5.91 Å². The highest BCUT2D eigenvalue weighted by Crippen LogP contribution is 2.28. The van der Waals surface area contributed by atoms with Crippen LogP contribution in [0.2, 0.25) is 0 Å². The van der Waals surface area contributed by atoms with E-state index in [1.807, 2.05) is 0 Å². The molecule has 148 valence electrons. The van der Waals surface area contributed by atoms with Gasteiger partial charge in [0.05, 0.1) is 46.6 Å². The van der Waals surface area contributed by atoms with Crippen LogP contribution in [0.4, 0.5) is 0 Å². The van der Waals surface area contributed by atoms with Crippen LogP contribution in [0, 0.1) is 5.92 Å². The summed E-state index contributed by atoms with van der Waals surface area (Å²) in [6, 6.07) is 5.07. The van der Waals surface area contributed by atoms with Crippen LogP contribution in [0.1, 0.15) is 10.4 Å². The molecule has 0 radical (unpaired) electrons. The minimum absolute atomic E-state index is 0.0188. The summed E-state index contributed by atoms with van der Waals surface area (Å²) in [6.45, 7) is 3.78. The number of benzene rings is 1. The SMILES string of the molecule is COc1ccc(C(=O)N2CCOCC(C(=O)N3CCOCC3)C2)cc1OC. The number of amides is 2. The number of carbonyl (C=O) groups excluding carboxylic acids is 2. The van der Waals surface area contributed by atoms with Gasteiger partial charge in [-0.2, -0.15) is 0 Å². The summed E-state index contributed by atoms with van der Waals surface area (Å²) >= 11 is 0. The number of nitrogens with zero attached hydrogens (tertiary/aromatic N) is 2. The van der Waals surface area contributed by atoms with Crippen molar-refractivity contribution >= 4 is 11.8 Å². The fourth-order valence-electron chi connectivity index (χ4n) is 3.34. The monoisotopic (exact) mass is 378 g/mol. The Kier molecular flexibility index (Phi) is 6.52. The van der Waals surface area contributed by atoms with Crippen molar-refractivity contribution in [1.29, 1.82) is 0 Å². The van der Waals surface area contributed by atoms with Crippen molar-refractivity contribution in [2.75, 3.05) is 66.8 Å². The minimum Gasteiger partial charge on any atom is -0.493 e. The van der Waals surface area contributed by atoms with Gasteiger partial charge in [-0.1, -0.05) is 0 Å². The maximum Gasteiger partial charge on any atom is 0.254 e. The predicted octanol–water partition coefficient (Wildman–Crippen LogP) is 0.651. The molecule has 0 spiro atoms. The largest absolute Gasteiger partial charge is 0.493 e. The minimum atomic E-state index is -0.366. The standard InChI is InChI=1S/C19H26N2O6/c1-24-16-4-3-14(11-17(16)25-2)18(22)21-7-10-27-13-15(12-21)19(23)20-5-8-26-9-6-20/h3-4,11,15H,5-10,12-13H2,1-2H3. The van der Waals surface area contributed by atoms with Crippen molar-refractivity contribution in [1.82, 2.24) is 9.80 Å². The first-order chi connectivity index (χ1) is 13.1. The fraction of sp³-hybridized carbons (Fsp3) is 0.579. The number of methoxy groups -OCH3 is 2. The Hall–Kier alpha value is -2.32. The van der Waals surface area contributed by atoms with Crippen molar-refractivity contribution in [2.45, 2.75) is 0 Å². The van der Waals surface area contributed by atoms with Crippen LogP contribution < -0.4 is 9.47 Å². The second-order valence-corrected chi connectivity index (χ2v) is 6.53. The van der Waals surface area contributed by atoms with E-state index >= 15 is 0 Å². The first-order valence-corrected chi connectivity index (χ1v) is 9.09. The topological polar surface area (TPSA) is 77.5 Å². The zero-order chi connectivity index (χ0) is 19.2. The van der Waals surface area contributed by atoms with Gasteiger partial charge in [-0.15, -0.1) is 0 Å². The Morgan fingerprint density at radius 1 is 0.963 bits per heavy atom. The maximum absolute atomic E-state index is 13.0. The molecule has 1 atom stereocenters. The molecule has 8 heteroatoms. The van der Waals surface area contributed by atoms with E-state index in [0.717, 1.165) is 0 Å². The molecule has 2 aliphatic rings. The Bertz CT molecular complexity index is 674. The third kappa shape index (κ3) is 4.51. The molecule has 2 fully saturated rings. The zero-order valence-corrected chi connectivity index (χ0v) is 15.8. The second kappa shape index (κ2) is 9.05. The van der Waals surface area contributed by atoms with Gasteiger partial charge in [0, 0.05) is 31.7 Å². The Morgan fingerprint density at radius 3 is 2.33 bits per heavy atom. The summed E-state index contributed by atoms with van der Waals surface area (Å²) in [5, 5.41) is 0. The smallest absolute Gasteiger partial charge is 0.254 e. The average molecular weight is 378 g/mol. The maximum atomic E-state index is 13.0. The number of ether oxygens (including phenoxy) is 4. The van der Waals surface area contributed by atoms with Crippen LogP contribution >= 0.6 is 0 Å². The van der Waals surface area contributed by atoms with E-state index in [4.69, 9.17) is 18.9 Å². The van der Waals surface area contributed by atoms with E-state index in [1.54, 1.807) is 35.1 Å². The van der Waals surface area contributed by atoms with E-state index in [2.05, 4.69) is 0 Å². The van der Waals surface area contributed by atoms with Gasteiger partial charge in [-0.05, 0) is 18.2 Å². The molecule has 27 heavy (non-hydrogen) atoms. The molecule has 0 saturated carbocycles.